The van der Waals surface area contributed by atoms with Gasteiger partial charge < -0.3 is 10.1 Å². The van der Waals surface area contributed by atoms with Crippen molar-refractivity contribution < 1.29 is 18.7 Å². The fourth-order valence-electron chi connectivity index (χ4n) is 3.48. The van der Waals surface area contributed by atoms with Gasteiger partial charge in [0.05, 0.1) is 18.2 Å². The first-order valence-corrected chi connectivity index (χ1v) is 11.4. The first-order chi connectivity index (χ1) is 15.7. The van der Waals surface area contributed by atoms with Crippen LogP contribution in [-0.4, -0.2) is 33.5 Å². The zero-order valence-corrected chi connectivity index (χ0v) is 19.8. The molecule has 4 rings (SSSR count). The second-order valence-corrected chi connectivity index (χ2v) is 9.45. The first-order valence-electron chi connectivity index (χ1n) is 9.81. The van der Waals surface area contributed by atoms with E-state index in [-0.39, 0.29) is 23.1 Å². The number of aryl methyl sites for hydroxylation is 3. The molecule has 0 aliphatic carbocycles. The highest BCUT2D eigenvalue weighted by molar-refractivity contribution is 7.19. The SMILES string of the molecule is COC(=O)c1sc(NC(=O)Cn2c(C)nc3sc(C)c(-c4ccc(F)cc4)c3c2=O)nc1C. The zero-order valence-electron chi connectivity index (χ0n) is 18.2. The van der Waals surface area contributed by atoms with E-state index in [4.69, 9.17) is 4.74 Å². The van der Waals surface area contributed by atoms with Gasteiger partial charge in [-0.15, -0.1) is 11.3 Å². The number of hydrogen-bond acceptors (Lipinski definition) is 8. The van der Waals surface area contributed by atoms with Crippen LogP contribution < -0.4 is 10.9 Å². The molecule has 0 saturated heterocycles. The van der Waals surface area contributed by atoms with Crippen molar-refractivity contribution in [1.82, 2.24) is 14.5 Å². The molecule has 0 fully saturated rings. The summed E-state index contributed by atoms with van der Waals surface area (Å²) in [5.41, 5.74) is 1.46. The second kappa shape index (κ2) is 8.83. The minimum atomic E-state index is -0.534. The fraction of sp³-hybridized carbons (Fsp3) is 0.227. The highest BCUT2D eigenvalue weighted by atomic mass is 32.1. The maximum atomic E-state index is 13.4. The summed E-state index contributed by atoms with van der Waals surface area (Å²) in [5.74, 6) is -0.998. The third kappa shape index (κ3) is 4.29. The van der Waals surface area contributed by atoms with Gasteiger partial charge in [-0.2, -0.15) is 0 Å². The van der Waals surface area contributed by atoms with Crippen LogP contribution in [0, 0.1) is 26.6 Å². The Hall–Kier alpha value is -3.44. The monoisotopic (exact) mass is 486 g/mol. The predicted octanol–water partition coefficient (Wildman–Crippen LogP) is 4.07. The van der Waals surface area contributed by atoms with E-state index in [0.717, 1.165) is 16.2 Å². The number of carbonyl (C=O) groups is 2. The van der Waals surface area contributed by atoms with Crippen LogP contribution in [0.2, 0.25) is 0 Å². The molecule has 0 spiro atoms. The predicted molar refractivity (Wildman–Crippen MR) is 126 cm³/mol. The number of nitrogens with zero attached hydrogens (tertiary/aromatic N) is 3. The van der Waals surface area contributed by atoms with Crippen LogP contribution in [0.25, 0.3) is 21.3 Å². The number of amides is 1. The summed E-state index contributed by atoms with van der Waals surface area (Å²) in [4.78, 5) is 48.3. The number of nitrogens with one attached hydrogen (secondary N) is 1. The van der Waals surface area contributed by atoms with E-state index < -0.39 is 11.9 Å². The molecule has 11 heteroatoms. The van der Waals surface area contributed by atoms with Gasteiger partial charge in [-0.25, -0.2) is 19.2 Å². The molecular weight excluding hydrogens is 467 g/mol. The molecule has 3 heterocycles. The van der Waals surface area contributed by atoms with E-state index in [1.807, 2.05) is 6.92 Å². The Balaban J connectivity index is 1.69. The molecule has 0 bridgehead atoms. The fourth-order valence-corrected chi connectivity index (χ4v) is 5.46. The normalized spacial score (nSPS) is 11.1. The molecule has 4 aromatic rings. The number of hydrogen-bond donors (Lipinski definition) is 1. The Morgan fingerprint density at radius 3 is 2.48 bits per heavy atom. The van der Waals surface area contributed by atoms with Gasteiger partial charge in [-0.1, -0.05) is 23.5 Å². The van der Waals surface area contributed by atoms with E-state index in [2.05, 4.69) is 15.3 Å². The van der Waals surface area contributed by atoms with E-state index >= 15 is 0 Å². The van der Waals surface area contributed by atoms with E-state index in [1.165, 1.54) is 35.1 Å². The molecule has 1 aromatic carbocycles. The van der Waals surface area contributed by atoms with Crippen molar-refractivity contribution >= 4 is 49.9 Å². The van der Waals surface area contributed by atoms with Crippen molar-refractivity contribution in [2.24, 2.45) is 0 Å². The van der Waals surface area contributed by atoms with Crippen molar-refractivity contribution in [2.75, 3.05) is 12.4 Å². The summed E-state index contributed by atoms with van der Waals surface area (Å²) in [5, 5.41) is 3.25. The first kappa shape index (κ1) is 22.7. The van der Waals surface area contributed by atoms with E-state index in [9.17, 15) is 18.8 Å². The van der Waals surface area contributed by atoms with Gasteiger partial charge in [0, 0.05) is 10.4 Å². The van der Waals surface area contributed by atoms with Gasteiger partial charge >= 0.3 is 5.97 Å². The van der Waals surface area contributed by atoms with Crippen molar-refractivity contribution in [3.05, 3.63) is 61.7 Å². The molecule has 170 valence electrons. The summed E-state index contributed by atoms with van der Waals surface area (Å²) in [7, 11) is 1.27. The third-order valence-electron chi connectivity index (χ3n) is 5.03. The average Bonchev–Trinajstić information content (AvgIpc) is 3.29. The highest BCUT2D eigenvalue weighted by Crippen LogP contribution is 2.35. The average molecular weight is 487 g/mol. The Labute approximate surface area is 195 Å². The molecule has 8 nitrogen and oxygen atoms in total. The molecule has 33 heavy (non-hydrogen) atoms. The molecular formula is C22H19FN4O4S2. The minimum absolute atomic E-state index is 0.232. The topological polar surface area (TPSA) is 103 Å². The quantitative estimate of drug-likeness (QED) is 0.427. The number of fused-ring (bicyclic) bond motifs is 1. The maximum absolute atomic E-state index is 13.4. The smallest absolute Gasteiger partial charge is 0.350 e. The largest absolute Gasteiger partial charge is 0.465 e. The Kier molecular flexibility index (Phi) is 6.09. The third-order valence-corrected chi connectivity index (χ3v) is 7.08. The highest BCUT2D eigenvalue weighted by Gasteiger charge is 2.21. The molecule has 0 radical (unpaired) electrons. The lowest BCUT2D eigenvalue weighted by Gasteiger charge is -2.10. The van der Waals surface area contributed by atoms with Gasteiger partial charge in [0.2, 0.25) is 5.91 Å². The number of esters is 1. The molecule has 3 aromatic heterocycles. The van der Waals surface area contributed by atoms with Gasteiger partial charge in [0.1, 0.15) is 27.9 Å². The lowest BCUT2D eigenvalue weighted by molar-refractivity contribution is -0.116. The van der Waals surface area contributed by atoms with Gasteiger partial charge in [-0.05, 0) is 38.5 Å². The number of anilines is 1. The van der Waals surface area contributed by atoms with Crippen LogP contribution in [0.5, 0.6) is 0 Å². The van der Waals surface area contributed by atoms with Gasteiger partial charge in [-0.3, -0.25) is 14.2 Å². The number of rotatable bonds is 5. The Morgan fingerprint density at radius 1 is 1.12 bits per heavy atom. The van der Waals surface area contributed by atoms with Crippen LogP contribution in [0.15, 0.2) is 29.1 Å². The molecule has 0 saturated carbocycles. The molecule has 1 amide bonds. The minimum Gasteiger partial charge on any atom is -0.465 e. The Bertz CT molecular complexity index is 1450. The number of benzene rings is 1. The van der Waals surface area contributed by atoms with Crippen LogP contribution >= 0.6 is 22.7 Å². The van der Waals surface area contributed by atoms with E-state index in [1.54, 1.807) is 26.0 Å². The summed E-state index contributed by atoms with van der Waals surface area (Å²) in [6.45, 7) is 4.89. The van der Waals surface area contributed by atoms with E-state index in [0.29, 0.717) is 37.7 Å². The number of methoxy groups -OCH3 is 1. The zero-order chi connectivity index (χ0) is 23.9. The summed E-state index contributed by atoms with van der Waals surface area (Å²) in [6, 6.07) is 5.91. The van der Waals surface area contributed by atoms with Crippen molar-refractivity contribution in [2.45, 2.75) is 27.3 Å². The Morgan fingerprint density at radius 2 is 1.82 bits per heavy atom. The molecule has 0 unspecified atom stereocenters. The molecule has 0 aliphatic heterocycles. The van der Waals surface area contributed by atoms with Crippen molar-refractivity contribution in [3.63, 3.8) is 0 Å². The lowest BCUT2D eigenvalue weighted by atomic mass is 10.0. The van der Waals surface area contributed by atoms with Crippen LogP contribution in [-0.2, 0) is 16.1 Å². The maximum Gasteiger partial charge on any atom is 0.350 e. The van der Waals surface area contributed by atoms with Gasteiger partial charge in [0.15, 0.2) is 5.13 Å². The molecule has 0 atom stereocenters. The summed E-state index contributed by atoms with van der Waals surface area (Å²) < 4.78 is 19.4. The molecule has 1 N–H and O–H groups in total. The van der Waals surface area contributed by atoms with Gasteiger partial charge in [0.25, 0.3) is 5.56 Å². The van der Waals surface area contributed by atoms with Crippen molar-refractivity contribution in [3.8, 4) is 11.1 Å². The number of halogens is 1. The second-order valence-electron chi connectivity index (χ2n) is 7.24. The van der Waals surface area contributed by atoms with Crippen LogP contribution in [0.1, 0.15) is 26.1 Å². The number of ether oxygens (including phenoxy) is 1. The summed E-state index contributed by atoms with van der Waals surface area (Å²) in [6.07, 6.45) is 0. The summed E-state index contributed by atoms with van der Waals surface area (Å²) >= 11 is 2.37. The van der Waals surface area contributed by atoms with Crippen molar-refractivity contribution in [1.29, 1.82) is 0 Å². The lowest BCUT2D eigenvalue weighted by Crippen LogP contribution is -2.30. The number of carbonyl (C=O) groups excluding carboxylic acids is 2. The standard InChI is InChI=1S/C22H19FN4O4S2/c1-10-18(21(30)31-4)33-22(24-10)26-15(28)9-27-12(3)25-19-17(20(27)29)16(11(2)32-19)13-5-7-14(23)8-6-13/h5-8H,9H2,1-4H3,(H,24,26,28). The number of thiazole rings is 1. The number of aromatic nitrogens is 3. The van der Waals surface area contributed by atoms with Crippen LogP contribution in [0.3, 0.4) is 0 Å². The molecule has 0 aliphatic rings. The number of thiophene rings is 1. The van der Waals surface area contributed by atoms with Crippen LogP contribution in [0.4, 0.5) is 9.52 Å².